The first-order chi connectivity index (χ1) is 10.2. The molecule has 110 valence electrons. The average Bonchev–Trinajstić information content (AvgIpc) is 2.52. The van der Waals surface area contributed by atoms with Crippen LogP contribution in [0.15, 0.2) is 54.6 Å². The summed E-state index contributed by atoms with van der Waals surface area (Å²) in [6.07, 6.45) is 0.231. The molecule has 0 saturated heterocycles. The van der Waals surface area contributed by atoms with E-state index >= 15 is 0 Å². The van der Waals surface area contributed by atoms with Crippen molar-refractivity contribution in [2.24, 2.45) is 0 Å². The van der Waals surface area contributed by atoms with Crippen molar-refractivity contribution in [3.05, 3.63) is 75.8 Å². The number of nitro groups is 1. The van der Waals surface area contributed by atoms with Gasteiger partial charge in [0.05, 0.1) is 11.0 Å². The molecule has 5 heteroatoms. The molecule has 1 atom stereocenters. The van der Waals surface area contributed by atoms with Crippen LogP contribution in [0.25, 0.3) is 0 Å². The summed E-state index contributed by atoms with van der Waals surface area (Å²) in [7, 11) is 0. The molecule has 0 heterocycles. The first-order valence-electron chi connectivity index (χ1n) is 6.84. The Bertz CT molecular complexity index is 570. The van der Waals surface area contributed by atoms with Crippen molar-refractivity contribution in [1.82, 2.24) is 5.32 Å². The summed E-state index contributed by atoms with van der Waals surface area (Å²) in [4.78, 5) is 10.1. The molecule has 0 unspecified atom stereocenters. The fourth-order valence-electron chi connectivity index (χ4n) is 2.05. The van der Waals surface area contributed by atoms with Gasteiger partial charge in [0.2, 0.25) is 0 Å². The van der Waals surface area contributed by atoms with Crippen molar-refractivity contribution in [3.63, 3.8) is 0 Å². The van der Waals surface area contributed by atoms with Gasteiger partial charge in [-0.25, -0.2) is 0 Å². The lowest BCUT2D eigenvalue weighted by atomic mass is 10.1. The van der Waals surface area contributed by atoms with Crippen LogP contribution in [0.3, 0.4) is 0 Å². The second-order valence-corrected chi connectivity index (χ2v) is 4.80. The third-order valence-corrected chi connectivity index (χ3v) is 3.26. The third kappa shape index (κ3) is 4.66. The van der Waals surface area contributed by atoms with Crippen LogP contribution in [-0.4, -0.2) is 23.1 Å². The normalized spacial score (nSPS) is 12.0. The second kappa shape index (κ2) is 7.52. The molecule has 0 amide bonds. The molecular weight excluding hydrogens is 268 g/mol. The van der Waals surface area contributed by atoms with Gasteiger partial charge >= 0.3 is 0 Å². The van der Waals surface area contributed by atoms with Crippen LogP contribution in [0.4, 0.5) is 5.69 Å². The summed E-state index contributed by atoms with van der Waals surface area (Å²) < 4.78 is 0. The number of benzene rings is 2. The molecule has 0 saturated carbocycles. The first-order valence-corrected chi connectivity index (χ1v) is 6.84. The average molecular weight is 286 g/mol. The monoisotopic (exact) mass is 286 g/mol. The Hall–Kier alpha value is -2.24. The predicted molar refractivity (Wildman–Crippen MR) is 81.1 cm³/mol. The number of nitrogens with one attached hydrogen (secondary N) is 1. The molecule has 0 aliphatic carbocycles. The summed E-state index contributed by atoms with van der Waals surface area (Å²) in [5, 5.41) is 23.8. The van der Waals surface area contributed by atoms with Crippen molar-refractivity contribution in [3.8, 4) is 0 Å². The quantitative estimate of drug-likeness (QED) is 0.466. The van der Waals surface area contributed by atoms with Crippen LogP contribution >= 0.6 is 0 Å². The minimum atomic E-state index is -0.665. The summed E-state index contributed by atoms with van der Waals surface area (Å²) >= 11 is 0. The molecule has 2 N–H and O–H groups in total. The first kappa shape index (κ1) is 15.2. The van der Waals surface area contributed by atoms with Crippen molar-refractivity contribution in [2.45, 2.75) is 12.5 Å². The van der Waals surface area contributed by atoms with E-state index in [-0.39, 0.29) is 5.69 Å². The van der Waals surface area contributed by atoms with Gasteiger partial charge in [0, 0.05) is 18.7 Å². The minimum Gasteiger partial charge on any atom is -0.387 e. The molecule has 0 spiro atoms. The number of aliphatic hydroxyl groups excluding tert-OH is 1. The molecule has 2 aromatic rings. The molecule has 0 aliphatic heterocycles. The molecule has 0 aliphatic rings. The standard InChI is InChI=1S/C16H18N2O3/c19-16(14-6-8-15(9-7-14)18(20)21)12-17-11-10-13-4-2-1-3-5-13/h1-9,16-17,19H,10-12H2/t16-/m0/s1. The second-order valence-electron chi connectivity index (χ2n) is 4.80. The maximum absolute atomic E-state index is 10.6. The zero-order valence-electron chi connectivity index (χ0n) is 11.6. The largest absolute Gasteiger partial charge is 0.387 e. The van der Waals surface area contributed by atoms with E-state index in [1.165, 1.54) is 17.7 Å². The van der Waals surface area contributed by atoms with Gasteiger partial charge < -0.3 is 10.4 Å². The smallest absolute Gasteiger partial charge is 0.269 e. The molecule has 5 nitrogen and oxygen atoms in total. The van der Waals surface area contributed by atoms with E-state index in [4.69, 9.17) is 0 Å². The lowest BCUT2D eigenvalue weighted by Gasteiger charge is -2.12. The highest BCUT2D eigenvalue weighted by molar-refractivity contribution is 5.33. The van der Waals surface area contributed by atoms with E-state index in [1.807, 2.05) is 18.2 Å². The number of rotatable bonds is 7. The number of hydrogen-bond acceptors (Lipinski definition) is 4. The number of nitro benzene ring substituents is 1. The van der Waals surface area contributed by atoms with E-state index in [9.17, 15) is 15.2 Å². The van der Waals surface area contributed by atoms with Crippen LogP contribution < -0.4 is 5.32 Å². The van der Waals surface area contributed by atoms with Crippen molar-refractivity contribution >= 4 is 5.69 Å². The maximum Gasteiger partial charge on any atom is 0.269 e. The van der Waals surface area contributed by atoms with Gasteiger partial charge in [-0.15, -0.1) is 0 Å². The Labute approximate surface area is 123 Å². The Morgan fingerprint density at radius 1 is 1.10 bits per heavy atom. The van der Waals surface area contributed by atoms with Gasteiger partial charge in [-0.2, -0.15) is 0 Å². The highest BCUT2D eigenvalue weighted by Crippen LogP contribution is 2.17. The summed E-state index contributed by atoms with van der Waals surface area (Å²) in [5.41, 5.74) is 1.95. The molecule has 21 heavy (non-hydrogen) atoms. The minimum absolute atomic E-state index is 0.0305. The van der Waals surface area contributed by atoms with Crippen LogP contribution in [0.2, 0.25) is 0 Å². The summed E-state index contributed by atoms with van der Waals surface area (Å²) in [6, 6.07) is 16.1. The maximum atomic E-state index is 10.6. The number of nitrogens with zero attached hydrogens (tertiary/aromatic N) is 1. The Morgan fingerprint density at radius 3 is 2.38 bits per heavy atom. The Kier molecular flexibility index (Phi) is 5.43. The highest BCUT2D eigenvalue weighted by atomic mass is 16.6. The van der Waals surface area contributed by atoms with Crippen LogP contribution in [0.5, 0.6) is 0 Å². The van der Waals surface area contributed by atoms with Gasteiger partial charge in [0.1, 0.15) is 0 Å². The van der Waals surface area contributed by atoms with E-state index in [0.29, 0.717) is 12.1 Å². The molecule has 0 fully saturated rings. The van der Waals surface area contributed by atoms with E-state index in [2.05, 4.69) is 17.4 Å². The number of aliphatic hydroxyl groups is 1. The number of non-ortho nitro benzene ring substituents is 1. The van der Waals surface area contributed by atoms with Crippen molar-refractivity contribution in [2.75, 3.05) is 13.1 Å². The van der Waals surface area contributed by atoms with Gasteiger partial charge in [-0.3, -0.25) is 10.1 Å². The zero-order chi connectivity index (χ0) is 15.1. The fourth-order valence-corrected chi connectivity index (χ4v) is 2.05. The molecule has 2 aromatic carbocycles. The zero-order valence-corrected chi connectivity index (χ0v) is 11.6. The highest BCUT2D eigenvalue weighted by Gasteiger charge is 2.09. The van der Waals surface area contributed by atoms with Gasteiger partial charge in [0.25, 0.3) is 5.69 Å². The van der Waals surface area contributed by atoms with Crippen LogP contribution in [0, 0.1) is 10.1 Å². The topological polar surface area (TPSA) is 75.4 Å². The van der Waals surface area contributed by atoms with Gasteiger partial charge in [-0.1, -0.05) is 30.3 Å². The Morgan fingerprint density at radius 2 is 1.76 bits per heavy atom. The van der Waals surface area contributed by atoms with Gasteiger partial charge in [-0.05, 0) is 36.2 Å². The molecule has 0 bridgehead atoms. The van der Waals surface area contributed by atoms with Crippen LogP contribution in [0.1, 0.15) is 17.2 Å². The van der Waals surface area contributed by atoms with Crippen molar-refractivity contribution < 1.29 is 10.0 Å². The summed E-state index contributed by atoms with van der Waals surface area (Å²) in [5.74, 6) is 0. The lowest BCUT2D eigenvalue weighted by molar-refractivity contribution is -0.384. The molecule has 0 radical (unpaired) electrons. The third-order valence-electron chi connectivity index (χ3n) is 3.26. The molecular formula is C16H18N2O3. The fraction of sp³-hybridized carbons (Fsp3) is 0.250. The van der Waals surface area contributed by atoms with E-state index in [1.54, 1.807) is 12.1 Å². The van der Waals surface area contributed by atoms with Crippen LogP contribution in [-0.2, 0) is 6.42 Å². The van der Waals surface area contributed by atoms with E-state index in [0.717, 1.165) is 13.0 Å². The van der Waals surface area contributed by atoms with Crippen molar-refractivity contribution in [1.29, 1.82) is 0 Å². The molecule has 0 aromatic heterocycles. The van der Waals surface area contributed by atoms with E-state index < -0.39 is 11.0 Å². The molecule has 2 rings (SSSR count). The number of hydrogen-bond donors (Lipinski definition) is 2. The Balaban J connectivity index is 1.76. The predicted octanol–water partition coefficient (Wildman–Crippen LogP) is 2.46. The SMILES string of the molecule is O=[N+]([O-])c1ccc([C@@H](O)CNCCc2ccccc2)cc1. The summed E-state index contributed by atoms with van der Waals surface area (Å²) in [6.45, 7) is 1.19. The van der Waals surface area contributed by atoms with Gasteiger partial charge in [0.15, 0.2) is 0 Å². The lowest BCUT2D eigenvalue weighted by Crippen LogP contribution is -2.23.